The van der Waals surface area contributed by atoms with Crippen LogP contribution in [0.25, 0.3) is 22.3 Å². The number of nitrogens with zero attached hydrogens (tertiary/aromatic N) is 2. The Morgan fingerprint density at radius 1 is 0.328 bits per heavy atom. The average Bonchev–Trinajstić information content (AvgIpc) is 3.74. The SMILES string of the molecule is Cc1c(C)c(-c2ccc(N3C4C=CC(C(C)(C)C)=CC4C4C=C(C(C)(C)C)C=CC43)cc2)c(C)c(C)c1-c1ccc(N2C3C=CC(C(C)(C)C)=CC3C3C=C(C(C)(C)C)C=CC32)cc1. The fraction of sp³-hybridized carbons (Fsp3) is 0.452. The molecule has 6 aliphatic rings. The molecular weight excluding hydrogens is 773 g/mol. The molecule has 2 heteroatoms. The molecule has 0 amide bonds. The van der Waals surface area contributed by atoms with Gasteiger partial charge in [0.15, 0.2) is 0 Å². The van der Waals surface area contributed by atoms with Crippen LogP contribution in [0.1, 0.15) is 105 Å². The summed E-state index contributed by atoms with van der Waals surface area (Å²) < 4.78 is 0. The van der Waals surface area contributed by atoms with Gasteiger partial charge in [0.05, 0.1) is 24.2 Å². The molecule has 2 saturated heterocycles. The monoisotopic (exact) mass is 849 g/mol. The molecule has 2 fully saturated rings. The molecule has 2 heterocycles. The van der Waals surface area contributed by atoms with Crippen LogP contribution in [0, 0.1) is 73.0 Å². The van der Waals surface area contributed by atoms with Gasteiger partial charge in [-0.1, -0.05) is 180 Å². The van der Waals surface area contributed by atoms with Crippen LogP contribution in [0.15, 0.2) is 144 Å². The van der Waals surface area contributed by atoms with E-state index in [-0.39, 0.29) is 21.7 Å². The van der Waals surface area contributed by atoms with Gasteiger partial charge in [0.2, 0.25) is 0 Å². The molecule has 0 bridgehead atoms. The molecule has 8 unspecified atom stereocenters. The standard InChI is InChI=1S/C62H76N2/c1-37-38(2)58(42-19-27-48(28-20-42)64-55-31-23-45(61(11,12)13)35-51(55)52-36-46(62(14,15)16)24-32-56(52)64)40(4)39(3)57(37)41-17-25-47(26-18-41)63-53-29-21-43(59(5,6)7)33-49(53)50-34-44(60(8,9)10)22-30-54(50)63/h17-36,49-56H,1-16H3. The molecular formula is C62H76N2. The number of fused-ring (bicyclic) bond motifs is 6. The summed E-state index contributed by atoms with van der Waals surface area (Å²) in [4.78, 5) is 5.41. The highest BCUT2D eigenvalue weighted by Crippen LogP contribution is 2.51. The topological polar surface area (TPSA) is 6.48 Å². The van der Waals surface area contributed by atoms with Crippen LogP contribution in [0.2, 0.25) is 0 Å². The smallest absolute Gasteiger partial charge is 0.0552 e. The minimum Gasteiger partial charge on any atom is -0.357 e. The van der Waals surface area contributed by atoms with Gasteiger partial charge in [-0.05, 0) is 140 Å². The minimum absolute atomic E-state index is 0.128. The second kappa shape index (κ2) is 15.4. The van der Waals surface area contributed by atoms with Gasteiger partial charge in [0, 0.05) is 35.0 Å². The van der Waals surface area contributed by atoms with E-state index in [1.165, 1.54) is 78.2 Å². The highest BCUT2D eigenvalue weighted by atomic mass is 15.2. The summed E-state index contributed by atoms with van der Waals surface area (Å²) in [5.74, 6) is 1.77. The van der Waals surface area contributed by atoms with Crippen LogP contribution < -0.4 is 9.80 Å². The molecule has 0 N–H and O–H groups in total. The number of hydrogen-bond acceptors (Lipinski definition) is 2. The highest BCUT2D eigenvalue weighted by Gasteiger charge is 2.49. The maximum Gasteiger partial charge on any atom is 0.0552 e. The van der Waals surface area contributed by atoms with Crippen LogP contribution in [0.3, 0.4) is 0 Å². The fourth-order valence-electron chi connectivity index (χ4n) is 12.1. The molecule has 9 rings (SSSR count). The molecule has 4 aliphatic carbocycles. The van der Waals surface area contributed by atoms with Crippen molar-refractivity contribution in [2.24, 2.45) is 45.3 Å². The number of benzene rings is 3. The maximum absolute atomic E-state index is 2.71. The molecule has 2 nitrogen and oxygen atoms in total. The summed E-state index contributed by atoms with van der Waals surface area (Å²) in [7, 11) is 0. The first-order chi connectivity index (χ1) is 29.9. The average molecular weight is 849 g/mol. The van der Waals surface area contributed by atoms with E-state index in [1.807, 2.05) is 0 Å². The van der Waals surface area contributed by atoms with Crippen LogP contribution in [-0.2, 0) is 0 Å². The Kier molecular flexibility index (Phi) is 10.7. The summed E-state index contributed by atoms with van der Waals surface area (Å²) >= 11 is 0. The summed E-state index contributed by atoms with van der Waals surface area (Å²) in [5, 5.41) is 0. The van der Waals surface area contributed by atoms with Crippen molar-refractivity contribution in [3.05, 3.63) is 166 Å². The molecule has 0 radical (unpaired) electrons. The van der Waals surface area contributed by atoms with E-state index in [4.69, 9.17) is 0 Å². The Morgan fingerprint density at radius 2 is 0.547 bits per heavy atom. The Balaban J connectivity index is 1.01. The first kappa shape index (κ1) is 44.4. The van der Waals surface area contributed by atoms with Gasteiger partial charge in [-0.15, -0.1) is 0 Å². The van der Waals surface area contributed by atoms with Crippen molar-refractivity contribution < 1.29 is 0 Å². The first-order valence-electron chi connectivity index (χ1n) is 24.4. The van der Waals surface area contributed by atoms with Crippen LogP contribution >= 0.6 is 0 Å². The van der Waals surface area contributed by atoms with E-state index in [2.05, 4.69) is 242 Å². The Bertz CT molecular complexity index is 2280. The van der Waals surface area contributed by atoms with Crippen LogP contribution in [-0.4, -0.2) is 24.2 Å². The zero-order valence-electron chi connectivity index (χ0n) is 42.1. The molecule has 8 atom stereocenters. The van der Waals surface area contributed by atoms with Crippen molar-refractivity contribution in [3.8, 4) is 22.3 Å². The molecule has 334 valence electrons. The fourth-order valence-corrected chi connectivity index (χ4v) is 12.1. The Morgan fingerprint density at radius 3 is 0.750 bits per heavy atom. The van der Waals surface area contributed by atoms with Gasteiger partial charge in [-0.25, -0.2) is 0 Å². The quantitative estimate of drug-likeness (QED) is 0.258. The number of hydrogen-bond donors (Lipinski definition) is 0. The number of allylic oxidation sites excluding steroid dienone is 8. The van der Waals surface area contributed by atoms with E-state index in [0.717, 1.165) is 0 Å². The zero-order chi connectivity index (χ0) is 46.0. The predicted molar refractivity (Wildman–Crippen MR) is 277 cm³/mol. The second-order valence-corrected chi connectivity index (χ2v) is 24.4. The second-order valence-electron chi connectivity index (χ2n) is 24.4. The van der Waals surface area contributed by atoms with Crippen molar-refractivity contribution in [1.82, 2.24) is 0 Å². The van der Waals surface area contributed by atoms with Gasteiger partial charge in [0.25, 0.3) is 0 Å². The predicted octanol–water partition coefficient (Wildman–Crippen LogP) is 16.0. The van der Waals surface area contributed by atoms with E-state index in [9.17, 15) is 0 Å². The Labute approximate surface area is 388 Å². The summed E-state index contributed by atoms with van der Waals surface area (Å²) in [6, 6.07) is 20.5. The van der Waals surface area contributed by atoms with Gasteiger partial charge in [-0.2, -0.15) is 0 Å². The van der Waals surface area contributed by atoms with E-state index in [1.54, 1.807) is 0 Å². The first-order valence-corrected chi connectivity index (χ1v) is 24.4. The molecule has 0 spiro atoms. The van der Waals surface area contributed by atoms with Gasteiger partial charge in [-0.3, -0.25) is 0 Å². The van der Waals surface area contributed by atoms with Gasteiger partial charge in [0.1, 0.15) is 0 Å². The molecule has 3 aromatic carbocycles. The van der Waals surface area contributed by atoms with E-state index in [0.29, 0.717) is 47.8 Å². The summed E-state index contributed by atoms with van der Waals surface area (Å²) in [6.45, 7) is 37.5. The van der Waals surface area contributed by atoms with Crippen molar-refractivity contribution in [3.63, 3.8) is 0 Å². The van der Waals surface area contributed by atoms with Gasteiger partial charge < -0.3 is 9.80 Å². The third-order valence-electron chi connectivity index (χ3n) is 16.1. The zero-order valence-corrected chi connectivity index (χ0v) is 42.1. The molecule has 3 aromatic rings. The molecule has 0 aromatic heterocycles. The molecule has 64 heavy (non-hydrogen) atoms. The van der Waals surface area contributed by atoms with E-state index < -0.39 is 0 Å². The molecule has 0 saturated carbocycles. The third kappa shape index (κ3) is 7.49. The van der Waals surface area contributed by atoms with Crippen LogP contribution in [0.5, 0.6) is 0 Å². The van der Waals surface area contributed by atoms with Crippen molar-refractivity contribution in [2.75, 3.05) is 9.80 Å². The third-order valence-corrected chi connectivity index (χ3v) is 16.1. The van der Waals surface area contributed by atoms with Crippen molar-refractivity contribution in [2.45, 2.75) is 135 Å². The summed E-state index contributed by atoms with van der Waals surface area (Å²) in [6.07, 6.45) is 30.1. The van der Waals surface area contributed by atoms with E-state index >= 15 is 0 Å². The van der Waals surface area contributed by atoms with Crippen molar-refractivity contribution in [1.29, 1.82) is 0 Å². The molecule has 2 aliphatic heterocycles. The number of anilines is 2. The van der Waals surface area contributed by atoms with Crippen molar-refractivity contribution >= 4 is 11.4 Å². The largest absolute Gasteiger partial charge is 0.357 e. The lowest BCUT2D eigenvalue weighted by Gasteiger charge is -2.34. The lowest BCUT2D eigenvalue weighted by atomic mass is 9.73. The normalized spacial score (nSPS) is 27.4. The van der Waals surface area contributed by atoms with Gasteiger partial charge >= 0.3 is 0 Å². The number of rotatable bonds is 4. The minimum atomic E-state index is 0.128. The summed E-state index contributed by atoms with van der Waals surface area (Å²) in [5.41, 5.74) is 19.8. The maximum atomic E-state index is 2.71. The lowest BCUT2D eigenvalue weighted by molar-refractivity contribution is 0.459. The Hall–Kier alpha value is -4.82. The van der Waals surface area contributed by atoms with Crippen LogP contribution in [0.4, 0.5) is 11.4 Å². The lowest BCUT2D eigenvalue weighted by Crippen LogP contribution is -2.37. The highest BCUT2D eigenvalue weighted by molar-refractivity contribution is 5.84.